The highest BCUT2D eigenvalue weighted by Crippen LogP contribution is 2.43. The van der Waals surface area contributed by atoms with Crippen molar-refractivity contribution in [3.05, 3.63) is 60.2 Å². The quantitative estimate of drug-likeness (QED) is 0.803. The zero-order valence-corrected chi connectivity index (χ0v) is 12.3. The molecule has 1 amide bonds. The number of benzene rings is 2. The van der Waals surface area contributed by atoms with Crippen molar-refractivity contribution in [2.45, 2.75) is 25.7 Å². The van der Waals surface area contributed by atoms with Crippen LogP contribution < -0.4 is 4.90 Å². The maximum atomic E-state index is 12.7. The third kappa shape index (κ3) is 2.32. The number of hydrogen-bond donors (Lipinski definition) is 0. The van der Waals surface area contributed by atoms with Crippen LogP contribution in [0.5, 0.6) is 0 Å². The van der Waals surface area contributed by atoms with Crippen LogP contribution in [0.1, 0.15) is 31.2 Å². The Morgan fingerprint density at radius 3 is 2.35 bits per heavy atom. The molecule has 0 aromatic heterocycles. The van der Waals surface area contributed by atoms with Gasteiger partial charge in [0.15, 0.2) is 0 Å². The normalized spacial score (nSPS) is 16.8. The van der Waals surface area contributed by atoms with E-state index < -0.39 is 0 Å². The fraction of sp³-hybridized carbons (Fsp3) is 0.235. The molecule has 1 atom stereocenters. The minimum Gasteiger partial charge on any atom is -0.280 e. The van der Waals surface area contributed by atoms with Crippen LogP contribution in [0.2, 0.25) is 0 Å². The van der Waals surface area contributed by atoms with Crippen LogP contribution in [0.25, 0.3) is 0 Å². The number of halogens is 1. The maximum Gasteiger partial charge on any atom is 0.239 e. The molecule has 3 heteroatoms. The third-order valence-corrected chi connectivity index (χ3v) is 3.66. The Morgan fingerprint density at radius 1 is 1.00 bits per heavy atom. The first-order valence-electron chi connectivity index (χ1n) is 6.81. The predicted octanol–water partition coefficient (Wildman–Crippen LogP) is 4.67. The van der Waals surface area contributed by atoms with Crippen molar-refractivity contribution in [2.75, 3.05) is 4.90 Å². The predicted molar refractivity (Wildman–Crippen MR) is 84.9 cm³/mol. The molecule has 0 aliphatic carbocycles. The van der Waals surface area contributed by atoms with Gasteiger partial charge in [0, 0.05) is 5.69 Å². The van der Waals surface area contributed by atoms with Crippen LogP contribution in [0.3, 0.4) is 0 Å². The number of para-hydroxylation sites is 2. The summed E-state index contributed by atoms with van der Waals surface area (Å²) in [4.78, 5) is 14.5. The van der Waals surface area contributed by atoms with Gasteiger partial charge >= 0.3 is 0 Å². The van der Waals surface area contributed by atoms with Gasteiger partial charge in [-0.3, -0.25) is 9.69 Å². The molecule has 1 aliphatic rings. The molecule has 0 N–H and O–H groups in total. The van der Waals surface area contributed by atoms with Gasteiger partial charge in [-0.15, -0.1) is 12.4 Å². The Kier molecular flexibility index (Phi) is 4.46. The first-order valence-corrected chi connectivity index (χ1v) is 6.81. The lowest BCUT2D eigenvalue weighted by Crippen LogP contribution is -2.23. The Morgan fingerprint density at radius 2 is 1.65 bits per heavy atom. The molecule has 2 nitrogen and oxygen atoms in total. The number of anilines is 2. The van der Waals surface area contributed by atoms with E-state index in [0.717, 1.165) is 24.2 Å². The molecule has 2 aromatic carbocycles. The number of fused-ring (bicyclic) bond motifs is 1. The highest BCUT2D eigenvalue weighted by Gasteiger charge is 2.36. The number of hydrogen-bond acceptors (Lipinski definition) is 1. The van der Waals surface area contributed by atoms with E-state index in [0.29, 0.717) is 0 Å². The van der Waals surface area contributed by atoms with E-state index >= 15 is 0 Å². The molecule has 20 heavy (non-hydrogen) atoms. The Bertz CT molecular complexity index is 597. The molecule has 1 heterocycles. The van der Waals surface area contributed by atoms with Gasteiger partial charge in [0.05, 0.1) is 11.6 Å². The fourth-order valence-corrected chi connectivity index (χ4v) is 2.80. The lowest BCUT2D eigenvalue weighted by atomic mass is 9.96. The van der Waals surface area contributed by atoms with Gasteiger partial charge in [0.25, 0.3) is 0 Å². The summed E-state index contributed by atoms with van der Waals surface area (Å²) in [5.74, 6) is 0.218. The average Bonchev–Trinajstić information content (AvgIpc) is 2.73. The van der Waals surface area contributed by atoms with Crippen molar-refractivity contribution in [3.8, 4) is 0 Å². The van der Waals surface area contributed by atoms with E-state index in [9.17, 15) is 4.79 Å². The summed E-state index contributed by atoms with van der Waals surface area (Å²) in [6.45, 7) is 2.13. The van der Waals surface area contributed by atoms with Gasteiger partial charge in [0.2, 0.25) is 5.91 Å². The molecule has 0 spiro atoms. The van der Waals surface area contributed by atoms with Gasteiger partial charge in [-0.1, -0.05) is 49.7 Å². The van der Waals surface area contributed by atoms with Crippen molar-refractivity contribution in [1.82, 2.24) is 0 Å². The van der Waals surface area contributed by atoms with E-state index in [2.05, 4.69) is 13.0 Å². The standard InChI is InChI=1S/C17H17NO.ClH/c1-2-8-15-14-11-6-7-12-16(14)18(17(15)19)13-9-4-3-5-10-13;/h3-7,9-12,15H,2,8H2,1H3;1H. The number of rotatable bonds is 3. The maximum absolute atomic E-state index is 12.7. The monoisotopic (exact) mass is 287 g/mol. The SMILES string of the molecule is CCCC1C(=O)N(c2ccccc2)c2ccccc21.Cl. The number of carbonyl (C=O) groups excluding carboxylic acids is 1. The molecule has 2 aromatic rings. The number of amides is 1. The van der Waals surface area contributed by atoms with Crippen molar-refractivity contribution in [3.63, 3.8) is 0 Å². The van der Waals surface area contributed by atoms with E-state index in [1.54, 1.807) is 0 Å². The Hall–Kier alpha value is -1.80. The summed E-state index contributed by atoms with van der Waals surface area (Å²) in [6.07, 6.45) is 1.94. The van der Waals surface area contributed by atoms with Crippen LogP contribution in [-0.4, -0.2) is 5.91 Å². The van der Waals surface area contributed by atoms with E-state index in [1.807, 2.05) is 53.4 Å². The lowest BCUT2D eigenvalue weighted by Gasteiger charge is -2.18. The van der Waals surface area contributed by atoms with Crippen LogP contribution in [0.15, 0.2) is 54.6 Å². The second kappa shape index (κ2) is 6.10. The minimum absolute atomic E-state index is 0. The van der Waals surface area contributed by atoms with Crippen molar-refractivity contribution < 1.29 is 4.79 Å². The zero-order valence-electron chi connectivity index (χ0n) is 11.5. The summed E-state index contributed by atoms with van der Waals surface area (Å²) in [5, 5.41) is 0. The van der Waals surface area contributed by atoms with E-state index in [1.165, 1.54) is 5.56 Å². The number of nitrogens with zero attached hydrogens (tertiary/aromatic N) is 1. The first kappa shape index (κ1) is 14.6. The van der Waals surface area contributed by atoms with Crippen LogP contribution >= 0.6 is 12.4 Å². The van der Waals surface area contributed by atoms with Crippen LogP contribution in [0, 0.1) is 0 Å². The van der Waals surface area contributed by atoms with Crippen molar-refractivity contribution >= 4 is 29.7 Å². The smallest absolute Gasteiger partial charge is 0.239 e. The summed E-state index contributed by atoms with van der Waals surface area (Å²) in [6, 6.07) is 18.0. The van der Waals surface area contributed by atoms with Gasteiger partial charge in [-0.25, -0.2) is 0 Å². The minimum atomic E-state index is 0. The van der Waals surface area contributed by atoms with Crippen molar-refractivity contribution in [2.24, 2.45) is 0 Å². The molecular formula is C17H18ClNO. The molecule has 1 unspecified atom stereocenters. The zero-order chi connectivity index (χ0) is 13.2. The number of carbonyl (C=O) groups is 1. The molecule has 104 valence electrons. The highest BCUT2D eigenvalue weighted by molar-refractivity contribution is 6.10. The van der Waals surface area contributed by atoms with E-state index in [-0.39, 0.29) is 24.2 Å². The van der Waals surface area contributed by atoms with Gasteiger partial charge in [-0.2, -0.15) is 0 Å². The van der Waals surface area contributed by atoms with Gasteiger partial charge in [0.1, 0.15) is 0 Å². The molecule has 0 saturated carbocycles. The second-order valence-electron chi connectivity index (χ2n) is 4.91. The Balaban J connectivity index is 0.00000147. The summed E-state index contributed by atoms with van der Waals surface area (Å²) in [7, 11) is 0. The van der Waals surface area contributed by atoms with E-state index in [4.69, 9.17) is 0 Å². The van der Waals surface area contributed by atoms with Gasteiger partial charge in [-0.05, 0) is 30.2 Å². The molecule has 0 fully saturated rings. The summed E-state index contributed by atoms with van der Waals surface area (Å²) >= 11 is 0. The Labute approximate surface area is 125 Å². The molecule has 0 saturated heterocycles. The first-order chi connectivity index (χ1) is 9.33. The largest absolute Gasteiger partial charge is 0.280 e. The molecule has 0 radical (unpaired) electrons. The average molecular weight is 288 g/mol. The van der Waals surface area contributed by atoms with Gasteiger partial charge < -0.3 is 0 Å². The molecule has 0 bridgehead atoms. The van der Waals surface area contributed by atoms with Crippen molar-refractivity contribution in [1.29, 1.82) is 0 Å². The third-order valence-electron chi connectivity index (χ3n) is 3.66. The van der Waals surface area contributed by atoms with Crippen LogP contribution in [-0.2, 0) is 4.79 Å². The highest BCUT2D eigenvalue weighted by atomic mass is 35.5. The summed E-state index contributed by atoms with van der Waals surface area (Å²) < 4.78 is 0. The lowest BCUT2D eigenvalue weighted by molar-refractivity contribution is -0.118. The molecule has 3 rings (SSSR count). The molecule has 1 aliphatic heterocycles. The fourth-order valence-electron chi connectivity index (χ4n) is 2.80. The second-order valence-corrected chi connectivity index (χ2v) is 4.91. The van der Waals surface area contributed by atoms with Crippen LogP contribution in [0.4, 0.5) is 11.4 Å². The molecular weight excluding hydrogens is 270 g/mol. The summed E-state index contributed by atoms with van der Waals surface area (Å²) in [5.41, 5.74) is 3.16. The topological polar surface area (TPSA) is 20.3 Å².